The second kappa shape index (κ2) is 6.65. The zero-order valence-corrected chi connectivity index (χ0v) is 13.8. The molecule has 1 saturated heterocycles. The fourth-order valence-electron chi connectivity index (χ4n) is 2.64. The summed E-state index contributed by atoms with van der Waals surface area (Å²) in [6.07, 6.45) is 5.15. The summed E-state index contributed by atoms with van der Waals surface area (Å²) in [5, 5.41) is 20.4. The summed E-state index contributed by atoms with van der Waals surface area (Å²) in [7, 11) is 1.66. The normalized spacial score (nSPS) is 16.5. The quantitative estimate of drug-likeness (QED) is 0.794. The van der Waals surface area contributed by atoms with Crippen LogP contribution in [-0.4, -0.2) is 40.4 Å². The predicted molar refractivity (Wildman–Crippen MR) is 88.8 cm³/mol. The maximum Gasteiger partial charge on any atom is 0.251 e. The van der Waals surface area contributed by atoms with Gasteiger partial charge < -0.3 is 0 Å². The Hall–Kier alpha value is -2.97. The summed E-state index contributed by atoms with van der Waals surface area (Å²) in [6, 6.07) is 4.95. The van der Waals surface area contributed by atoms with E-state index in [0.717, 1.165) is 6.42 Å². The number of hydrogen-bond acceptors (Lipinski definition) is 7. The Morgan fingerprint density at radius 3 is 3.04 bits per heavy atom. The van der Waals surface area contributed by atoms with Crippen molar-refractivity contribution in [2.24, 2.45) is 0 Å². The molecule has 1 fully saturated rings. The maximum atomic E-state index is 12.6. The third kappa shape index (κ3) is 2.92. The van der Waals surface area contributed by atoms with Gasteiger partial charge in [0.05, 0.1) is 17.3 Å². The minimum atomic E-state index is -0.410. The molecule has 2 aromatic heterocycles. The molecular weight excluding hydrogens is 324 g/mol. The number of anilines is 1. The Labute approximate surface area is 143 Å². The third-order valence-corrected chi connectivity index (χ3v) is 4.84. The van der Waals surface area contributed by atoms with E-state index in [1.165, 1.54) is 21.1 Å². The van der Waals surface area contributed by atoms with E-state index in [-0.39, 0.29) is 5.91 Å². The largest absolute Gasteiger partial charge is 0.298 e. The number of aromatic nitrogens is 2. The van der Waals surface area contributed by atoms with Gasteiger partial charge in [0.1, 0.15) is 11.7 Å². The number of nitriles is 2. The van der Waals surface area contributed by atoms with Crippen LogP contribution in [0.25, 0.3) is 11.4 Å². The molecule has 120 valence electrons. The number of rotatable bonds is 3. The van der Waals surface area contributed by atoms with Crippen LogP contribution >= 0.6 is 11.3 Å². The van der Waals surface area contributed by atoms with Gasteiger partial charge in [0.15, 0.2) is 11.3 Å². The van der Waals surface area contributed by atoms with E-state index >= 15 is 0 Å². The first-order valence-electron chi connectivity index (χ1n) is 7.40. The molecule has 2 aromatic rings. The molecule has 1 aliphatic rings. The molecule has 24 heavy (non-hydrogen) atoms. The van der Waals surface area contributed by atoms with Crippen LogP contribution in [0.15, 0.2) is 23.7 Å². The van der Waals surface area contributed by atoms with Gasteiger partial charge >= 0.3 is 0 Å². The van der Waals surface area contributed by atoms with Crippen molar-refractivity contribution >= 4 is 22.4 Å². The zero-order chi connectivity index (χ0) is 17.1. The Balaban J connectivity index is 1.81. The molecule has 0 bridgehead atoms. The molecule has 0 saturated carbocycles. The van der Waals surface area contributed by atoms with E-state index in [9.17, 15) is 4.79 Å². The summed E-state index contributed by atoms with van der Waals surface area (Å²) in [6.45, 7) is 0.620. The number of nitrogens with zero attached hydrogens (tertiary/aromatic N) is 6. The topological polar surface area (TPSA) is 96.9 Å². The maximum absolute atomic E-state index is 12.6. The first-order chi connectivity index (χ1) is 11.6. The lowest BCUT2D eigenvalue weighted by Crippen LogP contribution is -2.42. The Morgan fingerprint density at radius 1 is 1.46 bits per heavy atom. The molecule has 1 aliphatic heterocycles. The third-order valence-electron chi connectivity index (χ3n) is 3.93. The van der Waals surface area contributed by atoms with Crippen molar-refractivity contribution in [1.82, 2.24) is 14.9 Å². The molecule has 3 rings (SSSR count). The number of carbonyl (C=O) groups excluding carboxylic acids is 1. The Kier molecular flexibility index (Phi) is 4.41. The van der Waals surface area contributed by atoms with Crippen molar-refractivity contribution in [3.63, 3.8) is 0 Å². The van der Waals surface area contributed by atoms with E-state index in [1.807, 2.05) is 0 Å². The van der Waals surface area contributed by atoms with Gasteiger partial charge in [-0.2, -0.15) is 10.5 Å². The average molecular weight is 338 g/mol. The number of hydrogen-bond donors (Lipinski definition) is 0. The molecule has 0 unspecified atom stereocenters. The lowest BCUT2D eigenvalue weighted by molar-refractivity contribution is -0.121. The van der Waals surface area contributed by atoms with E-state index in [1.54, 1.807) is 30.8 Å². The summed E-state index contributed by atoms with van der Waals surface area (Å²) >= 11 is 1.33. The molecule has 3 heterocycles. The van der Waals surface area contributed by atoms with E-state index in [0.29, 0.717) is 35.0 Å². The number of pyridine rings is 1. The molecule has 8 heteroatoms. The summed E-state index contributed by atoms with van der Waals surface area (Å²) < 4.78 is 0. The van der Waals surface area contributed by atoms with Crippen LogP contribution in [0.5, 0.6) is 0 Å². The molecule has 0 spiro atoms. The van der Waals surface area contributed by atoms with Gasteiger partial charge in [-0.3, -0.25) is 19.6 Å². The molecular formula is C16H14N6OS. The average Bonchev–Trinajstić information content (AvgIpc) is 3.29. The van der Waals surface area contributed by atoms with Gasteiger partial charge in [-0.1, -0.05) is 0 Å². The second-order valence-corrected chi connectivity index (χ2v) is 6.24. The number of carbonyl (C=O) groups is 1. The van der Waals surface area contributed by atoms with Gasteiger partial charge in [0, 0.05) is 25.2 Å². The minimum Gasteiger partial charge on any atom is -0.298 e. The highest BCUT2D eigenvalue weighted by Gasteiger charge is 2.33. The van der Waals surface area contributed by atoms with Crippen molar-refractivity contribution in [2.45, 2.75) is 18.9 Å². The Morgan fingerprint density at radius 2 is 2.29 bits per heavy atom. The first-order valence-corrected chi connectivity index (χ1v) is 8.28. The highest BCUT2D eigenvalue weighted by Crippen LogP contribution is 2.28. The second-order valence-electron chi connectivity index (χ2n) is 5.41. The Bertz CT molecular complexity index is 849. The summed E-state index contributed by atoms with van der Waals surface area (Å²) in [5.74, 6) is -0.131. The molecule has 0 radical (unpaired) electrons. The van der Waals surface area contributed by atoms with Crippen molar-refractivity contribution in [3.05, 3.63) is 29.3 Å². The fraction of sp³-hybridized carbons (Fsp3) is 0.312. The van der Waals surface area contributed by atoms with Gasteiger partial charge in [-0.15, -0.1) is 11.3 Å². The summed E-state index contributed by atoms with van der Waals surface area (Å²) in [4.78, 5) is 24.3. The monoisotopic (exact) mass is 338 g/mol. The van der Waals surface area contributed by atoms with E-state index < -0.39 is 6.04 Å². The minimum absolute atomic E-state index is 0.131. The van der Waals surface area contributed by atoms with Crippen LogP contribution in [0, 0.1) is 22.8 Å². The fourth-order valence-corrected chi connectivity index (χ4v) is 3.43. The molecule has 0 aliphatic carbocycles. The SMILES string of the molecule is CN(C(=O)[C@@H]1CCCN1C#N)c1nc(-c2cc(C#N)ccn2)cs1. The smallest absolute Gasteiger partial charge is 0.251 e. The van der Waals surface area contributed by atoms with Crippen LogP contribution in [0.3, 0.4) is 0 Å². The van der Waals surface area contributed by atoms with Crippen LogP contribution in [0.2, 0.25) is 0 Å². The van der Waals surface area contributed by atoms with Crippen LogP contribution in [0.4, 0.5) is 5.13 Å². The lowest BCUT2D eigenvalue weighted by Gasteiger charge is -2.22. The van der Waals surface area contributed by atoms with Crippen molar-refractivity contribution < 1.29 is 4.79 Å². The van der Waals surface area contributed by atoms with Gasteiger partial charge in [-0.05, 0) is 25.0 Å². The molecule has 1 amide bonds. The van der Waals surface area contributed by atoms with E-state index in [4.69, 9.17) is 10.5 Å². The number of amides is 1. The van der Waals surface area contributed by atoms with E-state index in [2.05, 4.69) is 22.2 Å². The highest BCUT2D eigenvalue weighted by molar-refractivity contribution is 7.14. The van der Waals surface area contributed by atoms with Crippen LogP contribution in [-0.2, 0) is 4.79 Å². The predicted octanol–water partition coefficient (Wildman–Crippen LogP) is 1.99. The highest BCUT2D eigenvalue weighted by atomic mass is 32.1. The first kappa shape index (κ1) is 15.9. The van der Waals surface area contributed by atoms with Crippen LogP contribution in [0.1, 0.15) is 18.4 Å². The van der Waals surface area contributed by atoms with Crippen molar-refractivity contribution in [2.75, 3.05) is 18.5 Å². The lowest BCUT2D eigenvalue weighted by atomic mass is 10.2. The number of likely N-dealkylation sites (N-methyl/N-ethyl adjacent to an activating group) is 1. The number of likely N-dealkylation sites (tertiary alicyclic amines) is 1. The molecule has 0 aromatic carbocycles. The van der Waals surface area contributed by atoms with Crippen molar-refractivity contribution in [3.8, 4) is 23.7 Å². The zero-order valence-electron chi connectivity index (χ0n) is 13.0. The molecule has 0 N–H and O–H groups in total. The molecule has 1 atom stereocenters. The summed E-state index contributed by atoms with van der Waals surface area (Å²) in [5.41, 5.74) is 1.72. The number of thiazole rings is 1. The molecule has 7 nitrogen and oxygen atoms in total. The van der Waals surface area contributed by atoms with Gasteiger partial charge in [0.2, 0.25) is 0 Å². The van der Waals surface area contributed by atoms with Gasteiger partial charge in [0.25, 0.3) is 5.91 Å². The van der Waals surface area contributed by atoms with Crippen molar-refractivity contribution in [1.29, 1.82) is 10.5 Å². The van der Waals surface area contributed by atoms with Gasteiger partial charge in [-0.25, -0.2) is 4.98 Å². The van der Waals surface area contributed by atoms with Crippen LogP contribution < -0.4 is 4.90 Å². The standard InChI is InChI=1S/C16H14N6OS/c1-21(15(23)14-3-2-6-22(14)10-18)16-20-13(9-24-16)12-7-11(8-17)4-5-19-12/h4-5,7,9,14H,2-3,6H2,1H3/t14-/m0/s1.